The Labute approximate surface area is 94.0 Å². The lowest BCUT2D eigenvalue weighted by Crippen LogP contribution is -2.27. The van der Waals surface area contributed by atoms with Gasteiger partial charge in [-0.3, -0.25) is 4.79 Å². The van der Waals surface area contributed by atoms with Gasteiger partial charge in [0, 0.05) is 12.6 Å². The second-order valence-corrected chi connectivity index (χ2v) is 4.21. The van der Waals surface area contributed by atoms with Crippen LogP contribution in [0.4, 0.5) is 5.69 Å². The number of hydrogen-bond acceptors (Lipinski definition) is 3. The van der Waals surface area contributed by atoms with Gasteiger partial charge < -0.3 is 15.4 Å². The zero-order valence-corrected chi connectivity index (χ0v) is 8.95. The van der Waals surface area contributed by atoms with Crippen LogP contribution < -0.4 is 15.4 Å². The number of carbonyl (C=O) groups excluding carboxylic acids is 1. The lowest BCUT2D eigenvalue weighted by atomic mass is 10.1. The van der Waals surface area contributed by atoms with Crippen LogP contribution in [0.5, 0.6) is 5.75 Å². The molecule has 4 heteroatoms. The Morgan fingerprint density at radius 3 is 3.12 bits per heavy atom. The van der Waals surface area contributed by atoms with Crippen LogP contribution >= 0.6 is 0 Å². The molecular weight excluding hydrogens is 204 g/mol. The number of ether oxygens (including phenoxy) is 1. The third kappa shape index (κ3) is 1.71. The third-order valence-electron chi connectivity index (χ3n) is 2.84. The van der Waals surface area contributed by atoms with E-state index >= 15 is 0 Å². The van der Waals surface area contributed by atoms with E-state index in [1.165, 1.54) is 0 Å². The predicted molar refractivity (Wildman–Crippen MR) is 60.9 cm³/mol. The lowest BCUT2D eigenvalue weighted by Gasteiger charge is -2.21. The fourth-order valence-electron chi connectivity index (χ4n) is 1.84. The van der Waals surface area contributed by atoms with Crippen LogP contribution in [-0.4, -0.2) is 25.1 Å². The van der Waals surface area contributed by atoms with E-state index in [-0.39, 0.29) is 5.91 Å². The molecule has 0 radical (unpaired) electrons. The summed E-state index contributed by atoms with van der Waals surface area (Å²) in [6.07, 6.45) is 2.19. The average molecular weight is 218 g/mol. The molecular formula is C12H14N2O2. The quantitative estimate of drug-likeness (QED) is 0.788. The summed E-state index contributed by atoms with van der Waals surface area (Å²) in [5.74, 6) is 0.662. The molecule has 16 heavy (non-hydrogen) atoms. The van der Waals surface area contributed by atoms with Crippen LogP contribution in [0.2, 0.25) is 0 Å². The van der Waals surface area contributed by atoms with Crippen molar-refractivity contribution in [1.29, 1.82) is 0 Å². The number of hydrogen-bond donors (Lipinski definition) is 2. The summed E-state index contributed by atoms with van der Waals surface area (Å²) < 4.78 is 5.55. The number of benzene rings is 1. The Morgan fingerprint density at radius 2 is 2.31 bits per heavy atom. The van der Waals surface area contributed by atoms with Gasteiger partial charge >= 0.3 is 0 Å². The standard InChI is InChI=1S/C12H14N2O2/c15-12(14-8-4-5-8)9-2-1-3-10-11(9)16-7-6-13-10/h1-3,8,13H,4-7H2,(H,14,15). The van der Waals surface area contributed by atoms with E-state index in [1.54, 1.807) is 0 Å². The van der Waals surface area contributed by atoms with E-state index in [0.29, 0.717) is 24.0 Å². The molecule has 1 aromatic carbocycles. The van der Waals surface area contributed by atoms with Gasteiger partial charge in [0.05, 0.1) is 11.3 Å². The number of anilines is 1. The van der Waals surface area contributed by atoms with Crippen LogP contribution in [0, 0.1) is 0 Å². The van der Waals surface area contributed by atoms with Crippen molar-refractivity contribution in [1.82, 2.24) is 5.32 Å². The highest BCUT2D eigenvalue weighted by atomic mass is 16.5. The first-order chi connectivity index (χ1) is 7.84. The molecule has 84 valence electrons. The monoisotopic (exact) mass is 218 g/mol. The molecule has 0 bridgehead atoms. The van der Waals surface area contributed by atoms with Crippen molar-refractivity contribution in [3.8, 4) is 5.75 Å². The van der Waals surface area contributed by atoms with Crippen LogP contribution in [0.25, 0.3) is 0 Å². The SMILES string of the molecule is O=C(NC1CC1)c1cccc2c1OCCN2. The zero-order valence-electron chi connectivity index (χ0n) is 8.95. The first-order valence-electron chi connectivity index (χ1n) is 5.65. The summed E-state index contributed by atoms with van der Waals surface area (Å²) >= 11 is 0. The maximum Gasteiger partial charge on any atom is 0.255 e. The van der Waals surface area contributed by atoms with Crippen molar-refractivity contribution < 1.29 is 9.53 Å². The molecule has 0 atom stereocenters. The second kappa shape index (κ2) is 3.70. The van der Waals surface area contributed by atoms with Gasteiger partial charge in [-0.2, -0.15) is 0 Å². The largest absolute Gasteiger partial charge is 0.489 e. The van der Waals surface area contributed by atoms with E-state index in [2.05, 4.69) is 10.6 Å². The fourth-order valence-corrected chi connectivity index (χ4v) is 1.84. The van der Waals surface area contributed by atoms with Crippen molar-refractivity contribution in [2.45, 2.75) is 18.9 Å². The Morgan fingerprint density at radius 1 is 1.44 bits per heavy atom. The molecule has 0 unspecified atom stereocenters. The molecule has 0 spiro atoms. The maximum atomic E-state index is 11.9. The van der Waals surface area contributed by atoms with Gasteiger partial charge in [-0.05, 0) is 25.0 Å². The van der Waals surface area contributed by atoms with Crippen molar-refractivity contribution in [2.24, 2.45) is 0 Å². The molecule has 1 aliphatic carbocycles. The third-order valence-corrected chi connectivity index (χ3v) is 2.84. The van der Waals surface area contributed by atoms with Gasteiger partial charge in [-0.1, -0.05) is 6.07 Å². The highest BCUT2D eigenvalue weighted by Gasteiger charge is 2.26. The van der Waals surface area contributed by atoms with Gasteiger partial charge in [0.2, 0.25) is 0 Å². The average Bonchev–Trinajstić information content (AvgIpc) is 3.12. The topological polar surface area (TPSA) is 50.4 Å². The Kier molecular flexibility index (Phi) is 2.20. The van der Waals surface area contributed by atoms with Crippen LogP contribution in [0.15, 0.2) is 18.2 Å². The number of carbonyl (C=O) groups is 1. The van der Waals surface area contributed by atoms with Crippen LogP contribution in [-0.2, 0) is 0 Å². The predicted octanol–water partition coefficient (Wildman–Crippen LogP) is 1.38. The molecule has 0 aromatic heterocycles. The zero-order chi connectivity index (χ0) is 11.0. The molecule has 1 aliphatic heterocycles. The van der Waals surface area contributed by atoms with Crippen molar-refractivity contribution in [3.05, 3.63) is 23.8 Å². The summed E-state index contributed by atoms with van der Waals surface area (Å²) in [4.78, 5) is 11.9. The summed E-state index contributed by atoms with van der Waals surface area (Å²) in [6, 6.07) is 5.99. The molecule has 1 amide bonds. The highest BCUT2D eigenvalue weighted by Crippen LogP contribution is 2.31. The maximum absolute atomic E-state index is 11.9. The van der Waals surface area contributed by atoms with Crippen molar-refractivity contribution in [2.75, 3.05) is 18.5 Å². The van der Waals surface area contributed by atoms with Gasteiger partial charge in [-0.15, -0.1) is 0 Å². The molecule has 3 rings (SSSR count). The number of amides is 1. The summed E-state index contributed by atoms with van der Waals surface area (Å²) in [5, 5.41) is 6.20. The van der Waals surface area contributed by atoms with E-state index in [4.69, 9.17) is 4.74 Å². The van der Waals surface area contributed by atoms with E-state index in [1.807, 2.05) is 18.2 Å². The molecule has 2 aliphatic rings. The first kappa shape index (κ1) is 9.51. The second-order valence-electron chi connectivity index (χ2n) is 4.21. The molecule has 1 heterocycles. The number of fused-ring (bicyclic) bond motifs is 1. The fraction of sp³-hybridized carbons (Fsp3) is 0.417. The van der Waals surface area contributed by atoms with Crippen molar-refractivity contribution in [3.63, 3.8) is 0 Å². The number of nitrogens with one attached hydrogen (secondary N) is 2. The van der Waals surface area contributed by atoms with Crippen molar-refractivity contribution >= 4 is 11.6 Å². The van der Waals surface area contributed by atoms with Crippen LogP contribution in [0.3, 0.4) is 0 Å². The Balaban J connectivity index is 1.89. The summed E-state index contributed by atoms with van der Waals surface area (Å²) in [7, 11) is 0. The van der Waals surface area contributed by atoms with Crippen LogP contribution in [0.1, 0.15) is 23.2 Å². The van der Waals surface area contributed by atoms with E-state index in [9.17, 15) is 4.79 Å². The molecule has 1 saturated carbocycles. The minimum atomic E-state index is -0.0250. The van der Waals surface area contributed by atoms with Gasteiger partial charge in [-0.25, -0.2) is 0 Å². The lowest BCUT2D eigenvalue weighted by molar-refractivity contribution is 0.0947. The van der Waals surface area contributed by atoms with E-state index < -0.39 is 0 Å². The Hall–Kier alpha value is -1.71. The van der Waals surface area contributed by atoms with E-state index in [0.717, 1.165) is 25.1 Å². The van der Waals surface area contributed by atoms with Gasteiger partial charge in [0.15, 0.2) is 5.75 Å². The summed E-state index contributed by atoms with van der Waals surface area (Å²) in [6.45, 7) is 1.40. The Bertz CT molecular complexity index is 427. The molecule has 1 fully saturated rings. The normalized spacial score (nSPS) is 18.0. The van der Waals surface area contributed by atoms with Gasteiger partial charge in [0.1, 0.15) is 6.61 Å². The number of para-hydroxylation sites is 1. The smallest absolute Gasteiger partial charge is 0.255 e. The first-order valence-corrected chi connectivity index (χ1v) is 5.65. The minimum absolute atomic E-state index is 0.0250. The molecule has 2 N–H and O–H groups in total. The minimum Gasteiger partial charge on any atom is -0.489 e. The summed E-state index contributed by atoms with van der Waals surface area (Å²) in [5.41, 5.74) is 1.55. The highest BCUT2D eigenvalue weighted by molar-refractivity contribution is 5.99. The molecule has 0 saturated heterocycles. The van der Waals surface area contributed by atoms with Gasteiger partial charge in [0.25, 0.3) is 5.91 Å². The number of rotatable bonds is 2. The molecule has 4 nitrogen and oxygen atoms in total. The molecule has 1 aromatic rings.